The maximum atomic E-state index is 11.8. The predicted molar refractivity (Wildman–Crippen MR) is 55.1 cm³/mol. The number of hydrogen-bond acceptors (Lipinski definition) is 4. The molecule has 0 amide bonds. The van der Waals surface area contributed by atoms with Crippen molar-refractivity contribution < 1.29 is 9.53 Å². The monoisotopic (exact) mass is 200 g/mol. The van der Waals surface area contributed by atoms with Crippen molar-refractivity contribution in [2.24, 2.45) is 5.92 Å². The van der Waals surface area contributed by atoms with Crippen LogP contribution in [0.15, 0.2) is 0 Å². The molecule has 4 nitrogen and oxygen atoms in total. The molecule has 0 bridgehead atoms. The summed E-state index contributed by atoms with van der Waals surface area (Å²) < 4.78 is 4.89. The fraction of sp³-hybridized carbons (Fsp3) is 0.900. The number of ether oxygens (including phenoxy) is 1. The van der Waals surface area contributed by atoms with Gasteiger partial charge in [-0.25, -0.2) is 0 Å². The summed E-state index contributed by atoms with van der Waals surface area (Å²) in [4.78, 5) is 11.8. The fourth-order valence-electron chi connectivity index (χ4n) is 2.32. The van der Waals surface area contributed by atoms with Crippen molar-refractivity contribution in [3.05, 3.63) is 0 Å². The second-order valence-corrected chi connectivity index (χ2v) is 3.77. The standard InChI is InChI=1S/C10H20N2O2/c1-4-8-7-12-6-5-10(8,11-2)9(13)14-3/h8,11-12H,4-7H2,1-3H3. The first-order valence-corrected chi connectivity index (χ1v) is 5.19. The summed E-state index contributed by atoms with van der Waals surface area (Å²) in [6.45, 7) is 3.85. The topological polar surface area (TPSA) is 50.4 Å². The van der Waals surface area contributed by atoms with E-state index in [0.717, 1.165) is 25.9 Å². The van der Waals surface area contributed by atoms with Crippen molar-refractivity contribution in [2.45, 2.75) is 25.3 Å². The normalized spacial score (nSPS) is 32.6. The molecule has 1 saturated heterocycles. The van der Waals surface area contributed by atoms with Crippen LogP contribution in [0.1, 0.15) is 19.8 Å². The number of esters is 1. The van der Waals surface area contributed by atoms with Gasteiger partial charge in [-0.2, -0.15) is 0 Å². The third kappa shape index (κ3) is 1.77. The van der Waals surface area contributed by atoms with Crippen LogP contribution >= 0.6 is 0 Å². The van der Waals surface area contributed by atoms with Gasteiger partial charge in [-0.05, 0) is 26.4 Å². The third-order valence-electron chi connectivity index (χ3n) is 3.27. The molecule has 14 heavy (non-hydrogen) atoms. The number of nitrogens with one attached hydrogen (secondary N) is 2. The SMILES string of the molecule is CCC1CNCCC1(NC)C(=O)OC. The highest BCUT2D eigenvalue weighted by Gasteiger charge is 2.45. The highest BCUT2D eigenvalue weighted by atomic mass is 16.5. The number of carbonyl (C=O) groups is 1. The van der Waals surface area contributed by atoms with Crippen LogP contribution in [0, 0.1) is 5.92 Å². The van der Waals surface area contributed by atoms with Crippen LogP contribution in [0.2, 0.25) is 0 Å². The Hall–Kier alpha value is -0.610. The molecule has 4 heteroatoms. The van der Waals surface area contributed by atoms with Gasteiger partial charge in [-0.15, -0.1) is 0 Å². The molecule has 2 atom stereocenters. The van der Waals surface area contributed by atoms with Crippen molar-refractivity contribution in [1.29, 1.82) is 0 Å². The molecule has 0 aliphatic carbocycles. The molecule has 2 unspecified atom stereocenters. The molecule has 1 aliphatic heterocycles. The van der Waals surface area contributed by atoms with Gasteiger partial charge in [0.15, 0.2) is 0 Å². The minimum atomic E-state index is -0.477. The number of hydrogen-bond donors (Lipinski definition) is 2. The van der Waals surface area contributed by atoms with Crippen LogP contribution in [0.3, 0.4) is 0 Å². The van der Waals surface area contributed by atoms with E-state index in [-0.39, 0.29) is 5.97 Å². The minimum absolute atomic E-state index is 0.131. The second-order valence-electron chi connectivity index (χ2n) is 3.77. The Labute approximate surface area is 85.4 Å². The molecule has 2 N–H and O–H groups in total. The highest BCUT2D eigenvalue weighted by Crippen LogP contribution is 2.28. The maximum Gasteiger partial charge on any atom is 0.326 e. The molecule has 0 saturated carbocycles. The Kier molecular flexibility index (Phi) is 3.89. The Balaban J connectivity index is 2.86. The fourth-order valence-corrected chi connectivity index (χ4v) is 2.32. The average Bonchev–Trinajstić information content (AvgIpc) is 2.27. The van der Waals surface area contributed by atoms with Gasteiger partial charge in [0, 0.05) is 12.5 Å². The zero-order valence-electron chi connectivity index (χ0n) is 9.22. The number of likely N-dealkylation sites (N-methyl/N-ethyl adjacent to an activating group) is 1. The minimum Gasteiger partial charge on any atom is -0.468 e. The Morgan fingerprint density at radius 1 is 1.71 bits per heavy atom. The molecule has 0 radical (unpaired) electrons. The van der Waals surface area contributed by atoms with Crippen LogP contribution in [-0.4, -0.2) is 38.8 Å². The van der Waals surface area contributed by atoms with E-state index in [1.807, 2.05) is 7.05 Å². The molecule has 82 valence electrons. The number of carbonyl (C=O) groups excluding carboxylic acids is 1. The molecule has 1 rings (SSSR count). The van der Waals surface area contributed by atoms with Crippen molar-refractivity contribution in [3.63, 3.8) is 0 Å². The molecule has 1 heterocycles. The van der Waals surface area contributed by atoms with Gasteiger partial charge in [-0.3, -0.25) is 4.79 Å². The van der Waals surface area contributed by atoms with Crippen LogP contribution in [0.25, 0.3) is 0 Å². The summed E-state index contributed by atoms with van der Waals surface area (Å²) in [5.74, 6) is 0.182. The highest BCUT2D eigenvalue weighted by molar-refractivity contribution is 5.81. The van der Waals surface area contributed by atoms with Crippen molar-refractivity contribution in [2.75, 3.05) is 27.2 Å². The first-order chi connectivity index (χ1) is 6.71. The van der Waals surface area contributed by atoms with Crippen LogP contribution in [-0.2, 0) is 9.53 Å². The molecule has 0 aromatic carbocycles. The lowest BCUT2D eigenvalue weighted by Gasteiger charge is -2.41. The lowest BCUT2D eigenvalue weighted by Crippen LogP contribution is -2.62. The summed E-state index contributed by atoms with van der Waals surface area (Å²) in [7, 11) is 3.29. The van der Waals surface area contributed by atoms with E-state index in [0.29, 0.717) is 5.92 Å². The molecule has 0 aromatic heterocycles. The number of methoxy groups -OCH3 is 1. The average molecular weight is 200 g/mol. The second kappa shape index (κ2) is 4.75. The molecule has 1 aliphatic rings. The Morgan fingerprint density at radius 3 is 2.93 bits per heavy atom. The van der Waals surface area contributed by atoms with Gasteiger partial charge in [-0.1, -0.05) is 6.92 Å². The van der Waals surface area contributed by atoms with Gasteiger partial charge in [0.1, 0.15) is 5.54 Å². The van der Waals surface area contributed by atoms with Crippen molar-refractivity contribution >= 4 is 5.97 Å². The Morgan fingerprint density at radius 2 is 2.43 bits per heavy atom. The van der Waals surface area contributed by atoms with E-state index in [4.69, 9.17) is 4.74 Å². The van der Waals surface area contributed by atoms with E-state index in [2.05, 4.69) is 17.6 Å². The third-order valence-corrected chi connectivity index (χ3v) is 3.27. The summed E-state index contributed by atoms with van der Waals surface area (Å²) in [6.07, 6.45) is 1.78. The van der Waals surface area contributed by atoms with E-state index in [1.54, 1.807) is 0 Å². The van der Waals surface area contributed by atoms with E-state index < -0.39 is 5.54 Å². The first kappa shape index (κ1) is 11.5. The lowest BCUT2D eigenvalue weighted by atomic mass is 9.77. The molecular formula is C10H20N2O2. The summed E-state index contributed by atoms with van der Waals surface area (Å²) in [6, 6.07) is 0. The predicted octanol–water partition coefficient (Wildman–Crippen LogP) is 0.137. The summed E-state index contributed by atoms with van der Waals surface area (Å²) in [5, 5.41) is 6.46. The van der Waals surface area contributed by atoms with Gasteiger partial charge < -0.3 is 15.4 Å². The summed E-state index contributed by atoms with van der Waals surface area (Å²) in [5.41, 5.74) is -0.477. The van der Waals surface area contributed by atoms with Gasteiger partial charge in [0.05, 0.1) is 7.11 Å². The van der Waals surface area contributed by atoms with Gasteiger partial charge in [0.2, 0.25) is 0 Å². The maximum absolute atomic E-state index is 11.8. The van der Waals surface area contributed by atoms with Crippen LogP contribution in [0.4, 0.5) is 0 Å². The zero-order chi connectivity index (χ0) is 10.6. The Bertz CT molecular complexity index is 208. The summed E-state index contributed by atoms with van der Waals surface area (Å²) >= 11 is 0. The van der Waals surface area contributed by atoms with Crippen molar-refractivity contribution in [1.82, 2.24) is 10.6 Å². The number of rotatable bonds is 3. The quantitative estimate of drug-likeness (QED) is 0.636. The van der Waals surface area contributed by atoms with Gasteiger partial charge >= 0.3 is 5.97 Å². The van der Waals surface area contributed by atoms with E-state index in [9.17, 15) is 4.79 Å². The van der Waals surface area contributed by atoms with Crippen LogP contribution < -0.4 is 10.6 Å². The van der Waals surface area contributed by atoms with Gasteiger partial charge in [0.25, 0.3) is 0 Å². The number of piperidine rings is 1. The molecule has 0 aromatic rings. The molecular weight excluding hydrogens is 180 g/mol. The first-order valence-electron chi connectivity index (χ1n) is 5.19. The lowest BCUT2D eigenvalue weighted by molar-refractivity contribution is -0.152. The molecule has 0 spiro atoms. The zero-order valence-corrected chi connectivity index (χ0v) is 9.22. The van der Waals surface area contributed by atoms with E-state index in [1.165, 1.54) is 7.11 Å². The van der Waals surface area contributed by atoms with Crippen molar-refractivity contribution in [3.8, 4) is 0 Å². The largest absolute Gasteiger partial charge is 0.468 e. The van der Waals surface area contributed by atoms with E-state index >= 15 is 0 Å². The molecule has 1 fully saturated rings. The smallest absolute Gasteiger partial charge is 0.326 e. The van der Waals surface area contributed by atoms with Crippen LogP contribution in [0.5, 0.6) is 0 Å².